The third kappa shape index (κ3) is 4.01. The summed E-state index contributed by atoms with van der Waals surface area (Å²) in [7, 11) is 0. The molecule has 1 atom stereocenters. The number of aromatic nitrogens is 1. The molecule has 0 aliphatic heterocycles. The maximum Gasteiger partial charge on any atom is 0.404 e. The molecule has 3 rings (SSSR count). The van der Waals surface area contributed by atoms with Crippen LogP contribution < -0.4 is 5.32 Å². The highest BCUT2D eigenvalue weighted by Crippen LogP contribution is 2.31. The van der Waals surface area contributed by atoms with Crippen molar-refractivity contribution in [2.45, 2.75) is 12.6 Å². The van der Waals surface area contributed by atoms with Gasteiger partial charge in [0.25, 0.3) is 0 Å². The highest BCUT2D eigenvalue weighted by atomic mass is 79.9. The Labute approximate surface area is 153 Å². The van der Waals surface area contributed by atoms with Crippen LogP contribution in [0.4, 0.5) is 4.79 Å². The lowest BCUT2D eigenvalue weighted by atomic mass is 10.0. The van der Waals surface area contributed by atoms with Gasteiger partial charge in [-0.2, -0.15) is 5.06 Å². The maximum absolute atomic E-state index is 10.9. The topological polar surface area (TPSA) is 88.6 Å². The molecule has 7 heteroatoms. The van der Waals surface area contributed by atoms with Crippen LogP contribution >= 0.6 is 15.9 Å². The molecule has 0 bridgehead atoms. The van der Waals surface area contributed by atoms with Crippen molar-refractivity contribution >= 4 is 32.9 Å². The van der Waals surface area contributed by atoms with E-state index in [2.05, 4.69) is 26.2 Å². The first kappa shape index (κ1) is 17.5. The third-order valence-corrected chi connectivity index (χ3v) is 4.71. The minimum Gasteiger partial charge on any atom is -0.465 e. The number of H-pyrrole nitrogens is 1. The summed E-state index contributed by atoms with van der Waals surface area (Å²) < 4.78 is 0.911. The van der Waals surface area contributed by atoms with E-state index in [0.29, 0.717) is 0 Å². The zero-order valence-corrected chi connectivity index (χ0v) is 14.9. The number of amides is 1. The third-order valence-electron chi connectivity index (χ3n) is 4.05. The Morgan fingerprint density at radius 2 is 1.96 bits per heavy atom. The zero-order valence-electron chi connectivity index (χ0n) is 13.3. The summed E-state index contributed by atoms with van der Waals surface area (Å²) in [5.74, 6) is 0. The minimum absolute atomic E-state index is 0.0676. The van der Waals surface area contributed by atoms with Crippen LogP contribution in [0, 0.1) is 0 Å². The van der Waals surface area contributed by atoms with Gasteiger partial charge in [0, 0.05) is 29.1 Å². The standard InChI is InChI=1S/C18H18BrN3O3/c19-15-8-4-7-13-14(9-20-17(13)15)16(10-21-18(23)24)22(25)11-12-5-2-1-3-6-12/h1-9,16,20-21,25H,10-11H2,(H,23,24). The van der Waals surface area contributed by atoms with Gasteiger partial charge in [-0.05, 0) is 33.1 Å². The molecule has 1 unspecified atom stereocenters. The summed E-state index contributed by atoms with van der Waals surface area (Å²) in [5, 5.41) is 24.1. The van der Waals surface area contributed by atoms with Crippen LogP contribution in [0.3, 0.4) is 0 Å². The van der Waals surface area contributed by atoms with Crippen LogP contribution in [0.2, 0.25) is 0 Å². The first-order valence-corrected chi connectivity index (χ1v) is 8.57. The Bertz CT molecular complexity index is 866. The average molecular weight is 404 g/mol. The van der Waals surface area contributed by atoms with Crippen molar-refractivity contribution in [3.8, 4) is 0 Å². The second-order valence-corrected chi connectivity index (χ2v) is 6.55. The molecule has 1 aromatic heterocycles. The predicted octanol–water partition coefficient (Wildman–Crippen LogP) is 4.13. The van der Waals surface area contributed by atoms with E-state index in [1.807, 2.05) is 48.5 Å². The molecule has 1 amide bonds. The number of para-hydroxylation sites is 1. The monoisotopic (exact) mass is 403 g/mol. The van der Waals surface area contributed by atoms with Crippen LogP contribution in [-0.4, -0.2) is 33.0 Å². The molecular formula is C18H18BrN3O3. The van der Waals surface area contributed by atoms with Crippen LogP contribution in [0.1, 0.15) is 17.2 Å². The van der Waals surface area contributed by atoms with Crippen molar-refractivity contribution in [2.24, 2.45) is 0 Å². The molecule has 0 saturated carbocycles. The van der Waals surface area contributed by atoms with Gasteiger partial charge >= 0.3 is 6.09 Å². The Morgan fingerprint density at radius 1 is 1.20 bits per heavy atom. The van der Waals surface area contributed by atoms with Crippen LogP contribution in [-0.2, 0) is 6.54 Å². The molecule has 6 nitrogen and oxygen atoms in total. The molecule has 4 N–H and O–H groups in total. The van der Waals surface area contributed by atoms with E-state index < -0.39 is 12.1 Å². The normalized spacial score (nSPS) is 12.4. The first-order chi connectivity index (χ1) is 12.1. The van der Waals surface area contributed by atoms with Crippen molar-refractivity contribution in [3.63, 3.8) is 0 Å². The Balaban J connectivity index is 1.93. The highest BCUT2D eigenvalue weighted by molar-refractivity contribution is 9.10. The number of aromatic amines is 1. The summed E-state index contributed by atoms with van der Waals surface area (Å²) in [5.41, 5.74) is 2.67. The number of carbonyl (C=O) groups is 1. The van der Waals surface area contributed by atoms with Gasteiger partial charge < -0.3 is 20.6 Å². The predicted molar refractivity (Wildman–Crippen MR) is 98.5 cm³/mol. The van der Waals surface area contributed by atoms with Gasteiger partial charge in [-0.25, -0.2) is 4.79 Å². The van der Waals surface area contributed by atoms with Crippen molar-refractivity contribution in [1.29, 1.82) is 0 Å². The first-order valence-electron chi connectivity index (χ1n) is 7.78. The number of nitrogens with one attached hydrogen (secondary N) is 2. The number of hydrogen-bond donors (Lipinski definition) is 4. The summed E-state index contributed by atoms with van der Waals surface area (Å²) >= 11 is 3.50. The summed E-state index contributed by atoms with van der Waals surface area (Å²) in [6, 6.07) is 14.8. The van der Waals surface area contributed by atoms with Crippen molar-refractivity contribution in [3.05, 3.63) is 70.3 Å². The Hall–Kier alpha value is -2.35. The zero-order chi connectivity index (χ0) is 17.8. The highest BCUT2D eigenvalue weighted by Gasteiger charge is 2.23. The Morgan fingerprint density at radius 3 is 2.68 bits per heavy atom. The Kier molecular flexibility index (Phi) is 5.37. The molecule has 3 aromatic rings. The van der Waals surface area contributed by atoms with Gasteiger partial charge in [0.05, 0.1) is 11.6 Å². The summed E-state index contributed by atoms with van der Waals surface area (Å²) in [6.07, 6.45) is 0.678. The van der Waals surface area contributed by atoms with Gasteiger partial charge in [0.1, 0.15) is 0 Å². The van der Waals surface area contributed by atoms with E-state index in [-0.39, 0.29) is 13.1 Å². The number of nitrogens with zero attached hydrogens (tertiary/aromatic N) is 1. The van der Waals surface area contributed by atoms with E-state index >= 15 is 0 Å². The van der Waals surface area contributed by atoms with Gasteiger partial charge in [0.15, 0.2) is 0 Å². The summed E-state index contributed by atoms with van der Waals surface area (Å²) in [6.45, 7) is 0.353. The van der Waals surface area contributed by atoms with E-state index in [0.717, 1.165) is 31.6 Å². The molecule has 2 aromatic carbocycles. The van der Waals surface area contributed by atoms with E-state index in [1.54, 1.807) is 6.20 Å². The van der Waals surface area contributed by atoms with Crippen molar-refractivity contribution < 1.29 is 15.1 Å². The number of carboxylic acid groups (broad SMARTS) is 1. The second kappa shape index (κ2) is 7.69. The number of halogens is 1. The number of hydroxylamine groups is 2. The van der Waals surface area contributed by atoms with E-state index in [4.69, 9.17) is 5.11 Å². The van der Waals surface area contributed by atoms with Gasteiger partial charge in [0.2, 0.25) is 0 Å². The van der Waals surface area contributed by atoms with Crippen LogP contribution in [0.5, 0.6) is 0 Å². The maximum atomic E-state index is 10.9. The minimum atomic E-state index is -1.13. The molecule has 0 saturated heterocycles. The SMILES string of the molecule is O=C(O)NCC(c1c[nH]c2c(Br)cccc12)N(O)Cc1ccccc1. The summed E-state index contributed by atoms with van der Waals surface area (Å²) in [4.78, 5) is 14.1. The van der Waals surface area contributed by atoms with E-state index in [9.17, 15) is 10.0 Å². The van der Waals surface area contributed by atoms with Gasteiger partial charge in [-0.3, -0.25) is 0 Å². The lowest BCUT2D eigenvalue weighted by molar-refractivity contribution is -0.135. The molecular weight excluding hydrogens is 386 g/mol. The number of rotatable bonds is 6. The van der Waals surface area contributed by atoms with Gasteiger partial charge in [-0.15, -0.1) is 0 Å². The molecule has 25 heavy (non-hydrogen) atoms. The average Bonchev–Trinajstić information content (AvgIpc) is 3.01. The van der Waals surface area contributed by atoms with E-state index in [1.165, 1.54) is 0 Å². The molecule has 1 heterocycles. The smallest absolute Gasteiger partial charge is 0.404 e. The molecule has 0 aliphatic rings. The quantitative estimate of drug-likeness (QED) is 0.465. The molecule has 0 aliphatic carbocycles. The molecule has 0 fully saturated rings. The second-order valence-electron chi connectivity index (χ2n) is 5.69. The number of hydrogen-bond acceptors (Lipinski definition) is 3. The number of fused-ring (bicyclic) bond motifs is 1. The lowest BCUT2D eigenvalue weighted by Gasteiger charge is -2.26. The fraction of sp³-hybridized carbons (Fsp3) is 0.167. The van der Waals surface area contributed by atoms with Gasteiger partial charge in [-0.1, -0.05) is 42.5 Å². The van der Waals surface area contributed by atoms with Crippen LogP contribution in [0.15, 0.2) is 59.2 Å². The molecule has 0 spiro atoms. The fourth-order valence-electron chi connectivity index (χ4n) is 2.86. The van der Waals surface area contributed by atoms with Crippen LogP contribution in [0.25, 0.3) is 10.9 Å². The molecule has 130 valence electrons. The number of benzene rings is 2. The fourth-order valence-corrected chi connectivity index (χ4v) is 3.34. The molecule has 0 radical (unpaired) electrons. The van der Waals surface area contributed by atoms with Crippen molar-refractivity contribution in [2.75, 3.05) is 6.54 Å². The lowest BCUT2D eigenvalue weighted by Crippen LogP contribution is -2.35. The van der Waals surface area contributed by atoms with Crippen molar-refractivity contribution in [1.82, 2.24) is 15.4 Å². The largest absolute Gasteiger partial charge is 0.465 e.